The first-order chi connectivity index (χ1) is 38.2. The van der Waals surface area contributed by atoms with Gasteiger partial charge in [-0.15, -0.1) is 22.7 Å². The maximum Gasteiger partial charge on any atom is 0.416 e. The Bertz CT molecular complexity index is 3070. The number of methoxy groups -OCH3 is 4. The number of halogens is 6. The second-order valence-corrected chi connectivity index (χ2v) is 20.9. The molecule has 424 valence electrons. The molecular weight excluding hydrogens is 1090 g/mol. The van der Waals surface area contributed by atoms with Gasteiger partial charge in [0.1, 0.15) is 23.0 Å². The van der Waals surface area contributed by atoms with Gasteiger partial charge in [0.25, 0.3) is 0 Å². The van der Waals surface area contributed by atoms with Crippen LogP contribution in [0.5, 0.6) is 23.0 Å². The third kappa shape index (κ3) is 11.9. The van der Waals surface area contributed by atoms with Crippen LogP contribution in [-0.2, 0) is 21.9 Å². The van der Waals surface area contributed by atoms with Gasteiger partial charge in [0.15, 0.2) is 0 Å². The summed E-state index contributed by atoms with van der Waals surface area (Å²) in [6.07, 6.45) is -9.86. The smallest absolute Gasteiger partial charge is 0.416 e. The SMILES string of the molecule is COc1cccc(N2CCN(C3=Nc4cscc4[C@@H](CC(=O)O)N3c3cc(C(F)(F)F)ccc3OC)C[C@H]2C)c1.COc1cccc(N2CCN(C3=Nc4cscc4[C@H](CC(=O)O)N3c3cc(C(F)(F)F)ccc3OC)C[C@H]2C)c1. The number of alkyl halides is 6. The number of aliphatic imine (C=N–C) groups is 2. The van der Waals surface area contributed by atoms with Crippen molar-refractivity contribution in [2.24, 2.45) is 9.98 Å². The zero-order valence-corrected chi connectivity index (χ0v) is 46.0. The molecule has 0 aliphatic carbocycles. The zero-order chi connectivity index (χ0) is 57.2. The van der Waals surface area contributed by atoms with Crippen molar-refractivity contribution in [3.63, 3.8) is 0 Å². The molecule has 0 saturated carbocycles. The van der Waals surface area contributed by atoms with Crippen molar-refractivity contribution in [3.05, 3.63) is 129 Å². The molecule has 0 unspecified atom stereocenters. The predicted molar refractivity (Wildman–Crippen MR) is 297 cm³/mol. The Morgan fingerprint density at radius 2 is 0.963 bits per heavy atom. The summed E-state index contributed by atoms with van der Waals surface area (Å²) in [5, 5.41) is 27.0. The topological polar surface area (TPSA) is 156 Å². The van der Waals surface area contributed by atoms with Crippen LogP contribution in [0.15, 0.2) is 116 Å². The van der Waals surface area contributed by atoms with Crippen molar-refractivity contribution in [1.29, 1.82) is 0 Å². The molecule has 80 heavy (non-hydrogen) atoms. The summed E-state index contributed by atoms with van der Waals surface area (Å²) in [6.45, 7) is 7.39. The quantitative estimate of drug-likeness (QED) is 0.112. The first kappa shape index (κ1) is 56.8. The van der Waals surface area contributed by atoms with E-state index in [0.717, 1.165) is 47.1 Å². The molecule has 6 aromatic rings. The van der Waals surface area contributed by atoms with Crippen molar-refractivity contribution < 1.29 is 65.1 Å². The van der Waals surface area contributed by atoms with Crippen LogP contribution in [0.2, 0.25) is 0 Å². The highest BCUT2D eigenvalue weighted by Gasteiger charge is 2.43. The van der Waals surface area contributed by atoms with E-state index in [-0.39, 0.29) is 47.8 Å². The lowest BCUT2D eigenvalue weighted by molar-refractivity contribution is -0.138. The van der Waals surface area contributed by atoms with E-state index >= 15 is 0 Å². The van der Waals surface area contributed by atoms with Gasteiger partial charge in [0.2, 0.25) is 11.9 Å². The van der Waals surface area contributed by atoms with Crippen LogP contribution in [0, 0.1) is 0 Å². The maximum absolute atomic E-state index is 13.8. The van der Waals surface area contributed by atoms with Gasteiger partial charge in [-0.3, -0.25) is 9.59 Å². The van der Waals surface area contributed by atoms with Gasteiger partial charge >= 0.3 is 24.3 Å². The minimum absolute atomic E-state index is 0.00982. The summed E-state index contributed by atoms with van der Waals surface area (Å²) >= 11 is 2.75. The lowest BCUT2D eigenvalue weighted by Gasteiger charge is -2.47. The van der Waals surface area contributed by atoms with E-state index in [1.54, 1.807) is 34.8 Å². The van der Waals surface area contributed by atoms with E-state index in [1.807, 2.05) is 69.1 Å². The number of aliphatic carboxylic acids is 2. The minimum atomic E-state index is -4.60. The fourth-order valence-electron chi connectivity index (χ4n) is 10.6. The summed E-state index contributed by atoms with van der Waals surface area (Å²) in [5.41, 5.74) is 3.05. The minimum Gasteiger partial charge on any atom is -0.497 e. The number of hydrogen-bond donors (Lipinski definition) is 2. The van der Waals surface area contributed by atoms with Crippen molar-refractivity contribution in [1.82, 2.24) is 9.80 Å². The largest absolute Gasteiger partial charge is 0.497 e. The lowest BCUT2D eigenvalue weighted by Crippen LogP contribution is -2.58. The molecular formula is C56H58F6N8O8S2. The van der Waals surface area contributed by atoms with E-state index in [1.165, 1.54) is 49.0 Å². The molecule has 10 rings (SSSR count). The molecule has 6 heterocycles. The molecule has 2 aromatic heterocycles. The van der Waals surface area contributed by atoms with Gasteiger partial charge in [-0.2, -0.15) is 26.3 Å². The first-order valence-corrected chi connectivity index (χ1v) is 27.2. The second-order valence-electron chi connectivity index (χ2n) is 19.4. The zero-order valence-electron chi connectivity index (χ0n) is 44.4. The van der Waals surface area contributed by atoms with E-state index in [2.05, 4.69) is 23.6 Å². The van der Waals surface area contributed by atoms with Crippen molar-refractivity contribution in [2.75, 3.05) is 87.3 Å². The van der Waals surface area contributed by atoms with Crippen molar-refractivity contribution >= 4 is 80.7 Å². The van der Waals surface area contributed by atoms with Crippen LogP contribution in [0.25, 0.3) is 0 Å². The van der Waals surface area contributed by atoms with Crippen LogP contribution in [0.4, 0.5) is 60.5 Å². The predicted octanol–water partition coefficient (Wildman–Crippen LogP) is 12.0. The molecule has 0 spiro atoms. The van der Waals surface area contributed by atoms with Crippen LogP contribution in [0.1, 0.15) is 61.0 Å². The number of ether oxygens (including phenoxy) is 4. The number of carboxylic acids is 2. The number of fused-ring (bicyclic) bond motifs is 2. The van der Waals surface area contributed by atoms with Crippen LogP contribution in [0.3, 0.4) is 0 Å². The van der Waals surface area contributed by atoms with Gasteiger partial charge < -0.3 is 58.6 Å². The van der Waals surface area contributed by atoms with Crippen LogP contribution in [-0.4, -0.2) is 124 Å². The number of thiophene rings is 2. The molecule has 2 N–H and O–H groups in total. The molecule has 16 nitrogen and oxygen atoms in total. The maximum atomic E-state index is 13.8. The highest BCUT2D eigenvalue weighted by atomic mass is 32.1. The third-order valence-corrected chi connectivity index (χ3v) is 15.9. The van der Waals surface area contributed by atoms with Crippen LogP contribution >= 0.6 is 22.7 Å². The Morgan fingerprint density at radius 3 is 1.30 bits per heavy atom. The monoisotopic (exact) mass is 1150 g/mol. The molecule has 4 atom stereocenters. The van der Waals surface area contributed by atoms with Crippen LogP contribution < -0.4 is 38.5 Å². The van der Waals surface area contributed by atoms with E-state index in [0.29, 0.717) is 73.7 Å². The number of carbonyl (C=O) groups is 2. The molecule has 4 aliphatic rings. The van der Waals surface area contributed by atoms with Gasteiger partial charge in [-0.05, 0) is 85.3 Å². The number of piperazine rings is 2. The van der Waals surface area contributed by atoms with Crippen molar-refractivity contribution in [3.8, 4) is 23.0 Å². The number of anilines is 4. The lowest BCUT2D eigenvalue weighted by atomic mass is 10.00. The summed E-state index contributed by atoms with van der Waals surface area (Å²) in [7, 11) is 5.99. The average Bonchev–Trinajstić information content (AvgIpc) is 4.17. The number of carboxylic acid groups (broad SMARTS) is 2. The highest BCUT2D eigenvalue weighted by molar-refractivity contribution is 7.08. The summed E-state index contributed by atoms with van der Waals surface area (Å²) < 4.78 is 105. The third-order valence-electron chi connectivity index (χ3n) is 14.4. The molecule has 0 amide bonds. The standard InChI is InChI=1S/2C28H29F3N4O4S/c2*1-17-14-33(9-10-34(17)19-5-4-6-20(12-19)38-2)27-32-22-16-40-15-21(22)23(13-26(36)37)35(27)24-11-18(28(29,30)31)7-8-25(24)39-3/h2*4-8,11-12,15-17,23H,9-10,13-14H2,1-3H3,(H,36,37)/t17-,23+;17-,23-/m11/s1. The number of guanidine groups is 2. The molecule has 2 fully saturated rings. The molecule has 24 heteroatoms. The van der Waals surface area contributed by atoms with Gasteiger partial charge in [-0.1, -0.05) is 12.1 Å². The average molecular weight is 1150 g/mol. The highest BCUT2D eigenvalue weighted by Crippen LogP contribution is 2.49. The molecule has 4 aliphatic heterocycles. The molecule has 2 saturated heterocycles. The fraction of sp³-hybridized carbons (Fsp3) is 0.357. The Morgan fingerprint density at radius 1 is 0.562 bits per heavy atom. The number of rotatable bonds is 12. The Hall–Kier alpha value is -7.86. The number of hydrogen-bond acceptors (Lipinski definition) is 16. The molecule has 4 aromatic carbocycles. The van der Waals surface area contributed by atoms with Crippen molar-refractivity contribution in [2.45, 2.75) is 63.2 Å². The molecule has 0 bridgehead atoms. The van der Waals surface area contributed by atoms with Gasteiger partial charge in [-0.25, -0.2) is 9.98 Å². The summed E-state index contributed by atoms with van der Waals surface area (Å²) in [6, 6.07) is 20.5. The Labute approximate surface area is 465 Å². The van der Waals surface area contributed by atoms with E-state index < -0.39 is 47.5 Å². The number of benzene rings is 4. The first-order valence-electron chi connectivity index (χ1n) is 25.3. The Balaban J connectivity index is 0.000000194. The fourth-order valence-corrected chi connectivity index (χ4v) is 12.2. The van der Waals surface area contributed by atoms with Gasteiger partial charge in [0, 0.05) is 96.7 Å². The van der Waals surface area contributed by atoms with E-state index in [4.69, 9.17) is 28.9 Å². The Kier molecular flexibility index (Phi) is 16.7. The van der Waals surface area contributed by atoms with E-state index in [9.17, 15) is 46.1 Å². The van der Waals surface area contributed by atoms with Gasteiger partial charge in [0.05, 0.1) is 87.2 Å². The second kappa shape index (κ2) is 23.5. The molecule has 0 radical (unpaired) electrons. The normalized spacial score (nSPS) is 19.2. The number of nitrogens with zero attached hydrogens (tertiary/aromatic N) is 8. The summed E-state index contributed by atoms with van der Waals surface area (Å²) in [4.78, 5) is 45.5. The summed E-state index contributed by atoms with van der Waals surface area (Å²) in [5.74, 6) is 0.516.